The molecule has 6 heteroatoms. The molecule has 92 valence electrons. The smallest absolute Gasteiger partial charge is 0.417 e. The number of amides is 1. The third kappa shape index (κ3) is 4.07. The molecule has 0 radical (unpaired) electrons. The number of halogens is 1. The molecule has 17 heavy (non-hydrogen) atoms. The van der Waals surface area contributed by atoms with E-state index in [1.807, 2.05) is 0 Å². The van der Waals surface area contributed by atoms with E-state index >= 15 is 0 Å². The Morgan fingerprint density at radius 3 is 2.59 bits per heavy atom. The second-order valence-corrected chi connectivity index (χ2v) is 3.96. The third-order valence-electron chi connectivity index (χ3n) is 2.00. The van der Waals surface area contributed by atoms with Crippen molar-refractivity contribution in [1.29, 1.82) is 5.41 Å². The summed E-state index contributed by atoms with van der Waals surface area (Å²) in [5.74, 6) is 0.685. The lowest BCUT2D eigenvalue weighted by Gasteiger charge is -2.13. The summed E-state index contributed by atoms with van der Waals surface area (Å²) in [6.07, 6.45) is 0.472. The summed E-state index contributed by atoms with van der Waals surface area (Å²) >= 11 is 3.30. The van der Waals surface area contributed by atoms with E-state index in [0.29, 0.717) is 18.0 Å². The van der Waals surface area contributed by atoms with Crippen LogP contribution in [0, 0.1) is 5.41 Å². The highest BCUT2D eigenvalue weighted by Crippen LogP contribution is 2.18. The van der Waals surface area contributed by atoms with Crippen molar-refractivity contribution in [3.05, 3.63) is 24.3 Å². The van der Waals surface area contributed by atoms with Crippen molar-refractivity contribution in [2.75, 3.05) is 16.8 Å². The minimum Gasteiger partial charge on any atom is -0.494 e. The number of alkyl halides is 1. The number of hydrogen-bond donors (Lipinski definition) is 2. The molecular formula is C11H13BrN2O3. The van der Waals surface area contributed by atoms with Crippen molar-refractivity contribution in [1.82, 2.24) is 0 Å². The van der Waals surface area contributed by atoms with E-state index in [1.54, 1.807) is 24.3 Å². The van der Waals surface area contributed by atoms with Crippen LogP contribution in [0.25, 0.3) is 0 Å². The molecular weight excluding hydrogens is 288 g/mol. The largest absolute Gasteiger partial charge is 0.494 e. The van der Waals surface area contributed by atoms with Gasteiger partial charge in [-0.05, 0) is 30.7 Å². The molecule has 1 amide bonds. The van der Waals surface area contributed by atoms with Crippen molar-refractivity contribution in [2.24, 2.45) is 0 Å². The van der Waals surface area contributed by atoms with Crippen molar-refractivity contribution in [3.63, 3.8) is 0 Å². The van der Waals surface area contributed by atoms with Crippen LogP contribution in [0.2, 0.25) is 0 Å². The fourth-order valence-electron chi connectivity index (χ4n) is 1.19. The monoisotopic (exact) mass is 300 g/mol. The topological polar surface area (TPSA) is 73.6 Å². The molecule has 0 fully saturated rings. The van der Waals surface area contributed by atoms with Crippen LogP contribution >= 0.6 is 15.9 Å². The van der Waals surface area contributed by atoms with E-state index in [1.165, 1.54) is 0 Å². The van der Waals surface area contributed by atoms with Crippen molar-refractivity contribution >= 4 is 34.0 Å². The predicted molar refractivity (Wildman–Crippen MR) is 69.6 cm³/mol. The summed E-state index contributed by atoms with van der Waals surface area (Å²) < 4.78 is 5.42. The summed E-state index contributed by atoms with van der Waals surface area (Å²) in [4.78, 5) is 11.6. The van der Waals surface area contributed by atoms with Crippen molar-refractivity contribution in [2.45, 2.75) is 6.42 Å². The van der Waals surface area contributed by atoms with Gasteiger partial charge in [0.1, 0.15) is 5.75 Å². The van der Waals surface area contributed by atoms with Crippen LogP contribution in [-0.2, 0) is 0 Å². The summed E-state index contributed by atoms with van der Waals surface area (Å²) in [5.41, 5.74) is 0.417. The van der Waals surface area contributed by atoms with E-state index in [4.69, 9.17) is 15.3 Å². The molecule has 1 aromatic rings. The molecule has 0 spiro atoms. The number of carbonyl (C=O) groups is 1. The summed E-state index contributed by atoms with van der Waals surface area (Å²) in [7, 11) is 0. The standard InChI is InChI=1S/C11H13BrN2O3/c12-6-1-7-17-10-4-2-9(3-5-10)14(8-13)11(15)16/h2-5,8,13H,1,6-7H2,(H,15,16). The van der Waals surface area contributed by atoms with Crippen LogP contribution in [-0.4, -0.2) is 29.5 Å². The van der Waals surface area contributed by atoms with Gasteiger partial charge in [0, 0.05) is 5.33 Å². The van der Waals surface area contributed by atoms with Gasteiger partial charge in [0.05, 0.1) is 18.6 Å². The Morgan fingerprint density at radius 2 is 2.12 bits per heavy atom. The number of nitrogens with one attached hydrogen (secondary N) is 1. The van der Waals surface area contributed by atoms with E-state index < -0.39 is 6.09 Å². The molecule has 0 bridgehead atoms. The molecule has 0 saturated carbocycles. The number of carboxylic acid groups (broad SMARTS) is 1. The van der Waals surface area contributed by atoms with Crippen LogP contribution in [0.15, 0.2) is 24.3 Å². The summed E-state index contributed by atoms with van der Waals surface area (Å²) in [6, 6.07) is 6.57. The second-order valence-electron chi connectivity index (χ2n) is 3.17. The lowest BCUT2D eigenvalue weighted by Crippen LogP contribution is -2.26. The first-order chi connectivity index (χ1) is 8.19. The van der Waals surface area contributed by atoms with Crippen molar-refractivity contribution in [3.8, 4) is 5.75 Å². The number of rotatable bonds is 6. The molecule has 0 aromatic heterocycles. The highest BCUT2D eigenvalue weighted by atomic mass is 79.9. The minimum atomic E-state index is -1.19. The molecule has 0 unspecified atom stereocenters. The molecule has 0 atom stereocenters. The van der Waals surface area contributed by atoms with Gasteiger partial charge in [0.15, 0.2) is 0 Å². The normalized spacial score (nSPS) is 9.71. The molecule has 0 aliphatic heterocycles. The Labute approximate surface area is 108 Å². The quantitative estimate of drug-likeness (QED) is 0.367. The lowest BCUT2D eigenvalue weighted by molar-refractivity contribution is 0.205. The number of benzene rings is 1. The average molecular weight is 301 g/mol. The van der Waals surface area contributed by atoms with Crippen LogP contribution in [0.4, 0.5) is 10.5 Å². The number of anilines is 1. The lowest BCUT2D eigenvalue weighted by atomic mass is 10.3. The maximum atomic E-state index is 10.8. The molecule has 0 aliphatic rings. The van der Waals surface area contributed by atoms with Gasteiger partial charge in [0.2, 0.25) is 0 Å². The zero-order valence-corrected chi connectivity index (χ0v) is 10.7. The van der Waals surface area contributed by atoms with Crippen molar-refractivity contribution < 1.29 is 14.6 Å². The second kappa shape index (κ2) is 6.90. The summed E-state index contributed by atoms with van der Waals surface area (Å²) in [6.45, 7) is 0.609. The van der Waals surface area contributed by atoms with E-state index in [-0.39, 0.29) is 0 Å². The van der Waals surface area contributed by atoms with Crippen LogP contribution in [0.5, 0.6) is 5.75 Å². The van der Waals surface area contributed by atoms with Gasteiger partial charge in [-0.2, -0.15) is 0 Å². The van der Waals surface area contributed by atoms with Gasteiger partial charge in [-0.3, -0.25) is 5.41 Å². The van der Waals surface area contributed by atoms with Gasteiger partial charge < -0.3 is 9.84 Å². The van der Waals surface area contributed by atoms with Gasteiger partial charge in [-0.15, -0.1) is 0 Å². The predicted octanol–water partition coefficient (Wildman–Crippen LogP) is 2.94. The fourth-order valence-corrected chi connectivity index (χ4v) is 1.42. The molecule has 1 aromatic carbocycles. The molecule has 2 N–H and O–H groups in total. The van der Waals surface area contributed by atoms with Gasteiger partial charge in [-0.25, -0.2) is 9.69 Å². The summed E-state index contributed by atoms with van der Waals surface area (Å²) in [5, 5.41) is 16.7. The first kappa shape index (κ1) is 13.5. The molecule has 0 heterocycles. The molecule has 1 rings (SSSR count). The van der Waals surface area contributed by atoms with Crippen LogP contribution in [0.1, 0.15) is 6.42 Å². The zero-order valence-electron chi connectivity index (χ0n) is 9.10. The Bertz CT molecular complexity index is 381. The maximum Gasteiger partial charge on any atom is 0.417 e. The molecule has 0 aliphatic carbocycles. The zero-order chi connectivity index (χ0) is 12.7. The van der Waals surface area contributed by atoms with Crippen LogP contribution in [0.3, 0.4) is 0 Å². The minimum absolute atomic E-state index is 0.417. The molecule has 0 saturated heterocycles. The SMILES string of the molecule is N=CN(C(=O)O)c1ccc(OCCCBr)cc1. The highest BCUT2D eigenvalue weighted by molar-refractivity contribution is 9.09. The Balaban J connectivity index is 2.66. The Morgan fingerprint density at radius 1 is 1.47 bits per heavy atom. The van der Waals surface area contributed by atoms with Gasteiger partial charge >= 0.3 is 6.09 Å². The first-order valence-electron chi connectivity index (χ1n) is 5.00. The van der Waals surface area contributed by atoms with E-state index in [9.17, 15) is 4.79 Å². The van der Waals surface area contributed by atoms with Crippen LogP contribution < -0.4 is 9.64 Å². The van der Waals surface area contributed by atoms with E-state index in [0.717, 1.165) is 23.0 Å². The highest BCUT2D eigenvalue weighted by Gasteiger charge is 2.10. The number of hydrogen-bond acceptors (Lipinski definition) is 3. The number of ether oxygens (including phenoxy) is 1. The van der Waals surface area contributed by atoms with E-state index in [2.05, 4.69) is 15.9 Å². The Hall–Kier alpha value is -1.56. The Kier molecular flexibility index (Phi) is 5.48. The molecule has 5 nitrogen and oxygen atoms in total. The first-order valence-corrected chi connectivity index (χ1v) is 6.12. The fraction of sp³-hybridized carbons (Fsp3) is 0.273. The van der Waals surface area contributed by atoms with Gasteiger partial charge in [-0.1, -0.05) is 15.9 Å². The van der Waals surface area contributed by atoms with Gasteiger partial charge in [0.25, 0.3) is 0 Å². The third-order valence-corrected chi connectivity index (χ3v) is 2.56. The average Bonchev–Trinajstić information content (AvgIpc) is 2.32. The number of nitrogens with zero attached hydrogens (tertiary/aromatic N) is 1. The maximum absolute atomic E-state index is 10.8.